The Kier molecular flexibility index (Phi) is 3.24. The largest absolute Gasteiger partial charge is 0.495 e. The van der Waals surface area contributed by atoms with Crippen LogP contribution in [-0.2, 0) is 11.2 Å². The molecule has 1 amide bonds. The zero-order valence-corrected chi connectivity index (χ0v) is 10.6. The number of methoxy groups -OCH3 is 1. The average Bonchev–Trinajstić information content (AvgIpc) is 3.19. The number of carbonyl (C=O) groups excluding carboxylic acids is 1. The first-order valence-corrected chi connectivity index (χ1v) is 6.05. The molecule has 1 aromatic rings. The van der Waals surface area contributed by atoms with Crippen LogP contribution >= 0.6 is 0 Å². The number of benzene rings is 1. The standard InChI is InChI=1S/C14H16N2O2/c1-3-10-4-5-12(18-2)11(8-10)16-13(17)14(9-15)6-7-14/h4-5,8H,3,6-7H2,1-2H3,(H,16,17). The van der Waals surface area contributed by atoms with E-state index in [9.17, 15) is 4.79 Å². The molecular formula is C14H16N2O2. The molecule has 0 bridgehead atoms. The maximum atomic E-state index is 12.0. The van der Waals surface area contributed by atoms with Crippen LogP contribution in [0, 0.1) is 16.7 Å². The lowest BCUT2D eigenvalue weighted by atomic mass is 10.1. The van der Waals surface area contributed by atoms with Crippen molar-refractivity contribution in [2.75, 3.05) is 12.4 Å². The van der Waals surface area contributed by atoms with Gasteiger partial charge in [0, 0.05) is 0 Å². The summed E-state index contributed by atoms with van der Waals surface area (Å²) in [4.78, 5) is 12.0. The first kappa shape index (κ1) is 12.4. The number of anilines is 1. The van der Waals surface area contributed by atoms with Gasteiger partial charge in [-0.1, -0.05) is 13.0 Å². The van der Waals surface area contributed by atoms with Crippen molar-refractivity contribution in [2.24, 2.45) is 5.41 Å². The van der Waals surface area contributed by atoms with Crippen LogP contribution < -0.4 is 10.1 Å². The van der Waals surface area contributed by atoms with Gasteiger partial charge in [0.2, 0.25) is 5.91 Å². The summed E-state index contributed by atoms with van der Waals surface area (Å²) in [6.07, 6.45) is 2.17. The fourth-order valence-corrected chi connectivity index (χ4v) is 1.83. The third kappa shape index (κ3) is 2.17. The molecule has 0 unspecified atom stereocenters. The number of nitrogens with zero attached hydrogens (tertiary/aromatic N) is 1. The molecule has 2 rings (SSSR count). The highest BCUT2D eigenvalue weighted by Gasteiger charge is 2.50. The quantitative estimate of drug-likeness (QED) is 0.885. The van der Waals surface area contributed by atoms with Gasteiger partial charge in [0.1, 0.15) is 11.2 Å². The van der Waals surface area contributed by atoms with E-state index in [4.69, 9.17) is 10.00 Å². The zero-order valence-electron chi connectivity index (χ0n) is 10.6. The number of ether oxygens (including phenoxy) is 1. The second-order valence-corrected chi connectivity index (χ2v) is 4.54. The number of aryl methyl sites for hydroxylation is 1. The van der Waals surface area contributed by atoms with E-state index in [2.05, 4.69) is 11.4 Å². The highest BCUT2D eigenvalue weighted by atomic mass is 16.5. The highest BCUT2D eigenvalue weighted by Crippen LogP contribution is 2.46. The maximum Gasteiger partial charge on any atom is 0.244 e. The predicted octanol–water partition coefficient (Wildman–Crippen LogP) is 2.50. The molecule has 1 fully saturated rings. The normalized spacial score (nSPS) is 15.6. The minimum atomic E-state index is -0.812. The maximum absolute atomic E-state index is 12.0. The molecule has 1 N–H and O–H groups in total. The Morgan fingerprint density at radius 3 is 2.78 bits per heavy atom. The van der Waals surface area contributed by atoms with Gasteiger partial charge in [0.15, 0.2) is 0 Å². The molecular weight excluding hydrogens is 228 g/mol. The van der Waals surface area contributed by atoms with Gasteiger partial charge in [-0.15, -0.1) is 0 Å². The summed E-state index contributed by atoms with van der Waals surface area (Å²) in [5, 5.41) is 11.8. The minimum Gasteiger partial charge on any atom is -0.495 e. The first-order chi connectivity index (χ1) is 8.65. The highest BCUT2D eigenvalue weighted by molar-refractivity contribution is 6.00. The van der Waals surface area contributed by atoms with Crippen LogP contribution in [0.2, 0.25) is 0 Å². The van der Waals surface area contributed by atoms with E-state index in [0.29, 0.717) is 24.3 Å². The zero-order chi connectivity index (χ0) is 13.2. The molecule has 0 saturated heterocycles. The second kappa shape index (κ2) is 4.69. The Balaban J connectivity index is 2.23. The molecule has 4 nitrogen and oxygen atoms in total. The summed E-state index contributed by atoms with van der Waals surface area (Å²) in [6.45, 7) is 2.05. The first-order valence-electron chi connectivity index (χ1n) is 6.05. The molecule has 0 atom stereocenters. The third-order valence-corrected chi connectivity index (χ3v) is 3.32. The van der Waals surface area contributed by atoms with Crippen molar-refractivity contribution < 1.29 is 9.53 Å². The summed E-state index contributed by atoms with van der Waals surface area (Å²) in [5.74, 6) is 0.394. The van der Waals surface area contributed by atoms with E-state index in [1.54, 1.807) is 7.11 Å². The molecule has 4 heteroatoms. The van der Waals surface area contributed by atoms with Gasteiger partial charge in [0.05, 0.1) is 18.9 Å². The van der Waals surface area contributed by atoms with Gasteiger partial charge in [-0.25, -0.2) is 0 Å². The van der Waals surface area contributed by atoms with Crippen molar-refractivity contribution in [1.82, 2.24) is 0 Å². The Morgan fingerprint density at radius 1 is 1.56 bits per heavy atom. The van der Waals surface area contributed by atoms with Crippen molar-refractivity contribution >= 4 is 11.6 Å². The molecule has 0 radical (unpaired) electrons. The number of carbonyl (C=O) groups is 1. The van der Waals surface area contributed by atoms with E-state index < -0.39 is 5.41 Å². The molecule has 18 heavy (non-hydrogen) atoms. The van der Waals surface area contributed by atoms with Crippen LogP contribution in [0.4, 0.5) is 5.69 Å². The van der Waals surface area contributed by atoms with Crippen molar-refractivity contribution in [3.8, 4) is 11.8 Å². The van der Waals surface area contributed by atoms with Crippen LogP contribution in [0.1, 0.15) is 25.3 Å². The van der Waals surface area contributed by atoms with Crippen molar-refractivity contribution in [2.45, 2.75) is 26.2 Å². The summed E-state index contributed by atoms with van der Waals surface area (Å²) in [5.41, 5.74) is 0.948. The molecule has 94 valence electrons. The lowest BCUT2D eigenvalue weighted by molar-refractivity contribution is -0.119. The monoisotopic (exact) mass is 244 g/mol. The Hall–Kier alpha value is -2.02. The lowest BCUT2D eigenvalue weighted by Gasteiger charge is -2.13. The van der Waals surface area contributed by atoms with Gasteiger partial charge in [-0.3, -0.25) is 4.79 Å². The number of hydrogen-bond acceptors (Lipinski definition) is 3. The van der Waals surface area contributed by atoms with Crippen LogP contribution in [0.5, 0.6) is 5.75 Å². The van der Waals surface area contributed by atoms with Gasteiger partial charge >= 0.3 is 0 Å². The third-order valence-electron chi connectivity index (χ3n) is 3.32. The van der Waals surface area contributed by atoms with Crippen LogP contribution in [0.3, 0.4) is 0 Å². The second-order valence-electron chi connectivity index (χ2n) is 4.54. The van der Waals surface area contributed by atoms with Gasteiger partial charge in [-0.2, -0.15) is 5.26 Å². The number of amides is 1. The fraction of sp³-hybridized carbons (Fsp3) is 0.429. The van der Waals surface area contributed by atoms with Gasteiger partial charge in [0.25, 0.3) is 0 Å². The molecule has 1 aliphatic carbocycles. The molecule has 0 aromatic heterocycles. The number of rotatable bonds is 4. The molecule has 0 spiro atoms. The van der Waals surface area contributed by atoms with E-state index in [0.717, 1.165) is 12.0 Å². The van der Waals surface area contributed by atoms with Gasteiger partial charge < -0.3 is 10.1 Å². The van der Waals surface area contributed by atoms with Gasteiger partial charge in [-0.05, 0) is 37.0 Å². The Bertz CT molecular complexity index is 513. The van der Waals surface area contributed by atoms with Crippen molar-refractivity contribution in [3.63, 3.8) is 0 Å². The van der Waals surface area contributed by atoms with E-state index >= 15 is 0 Å². The van der Waals surface area contributed by atoms with Crippen LogP contribution in [-0.4, -0.2) is 13.0 Å². The average molecular weight is 244 g/mol. The summed E-state index contributed by atoms with van der Waals surface area (Å²) < 4.78 is 5.21. The predicted molar refractivity (Wildman–Crippen MR) is 68.3 cm³/mol. The molecule has 1 aromatic carbocycles. The SMILES string of the molecule is CCc1ccc(OC)c(NC(=O)C2(C#N)CC2)c1. The summed E-state index contributed by atoms with van der Waals surface area (Å²) in [6, 6.07) is 7.78. The number of hydrogen-bond donors (Lipinski definition) is 1. The minimum absolute atomic E-state index is 0.225. The van der Waals surface area contributed by atoms with Crippen molar-refractivity contribution in [3.05, 3.63) is 23.8 Å². The van der Waals surface area contributed by atoms with Crippen LogP contribution in [0.25, 0.3) is 0 Å². The molecule has 1 saturated carbocycles. The van der Waals surface area contributed by atoms with E-state index in [1.165, 1.54) is 0 Å². The Labute approximate surface area is 107 Å². The van der Waals surface area contributed by atoms with Crippen LogP contribution in [0.15, 0.2) is 18.2 Å². The van der Waals surface area contributed by atoms with Crippen molar-refractivity contribution in [1.29, 1.82) is 5.26 Å². The summed E-state index contributed by atoms with van der Waals surface area (Å²) >= 11 is 0. The molecule has 1 aliphatic rings. The van der Waals surface area contributed by atoms with E-state index in [1.807, 2.05) is 25.1 Å². The fourth-order valence-electron chi connectivity index (χ4n) is 1.83. The van der Waals surface area contributed by atoms with E-state index in [-0.39, 0.29) is 5.91 Å². The number of nitrogens with one attached hydrogen (secondary N) is 1. The molecule has 0 heterocycles. The lowest BCUT2D eigenvalue weighted by Crippen LogP contribution is -2.23. The summed E-state index contributed by atoms with van der Waals surface area (Å²) in [7, 11) is 1.56. The smallest absolute Gasteiger partial charge is 0.244 e. The topological polar surface area (TPSA) is 62.1 Å². The number of nitriles is 1. The Morgan fingerprint density at radius 2 is 2.28 bits per heavy atom. The molecule has 0 aliphatic heterocycles.